The number of likely N-dealkylation sites (N-methyl/N-ethyl adjacent to an activating group) is 2. The minimum absolute atomic E-state index is 0.106. The molecular formula is C15H25N3O2. The topological polar surface area (TPSA) is 58.8 Å². The van der Waals surface area contributed by atoms with E-state index in [9.17, 15) is 4.79 Å². The molecule has 0 aliphatic heterocycles. The van der Waals surface area contributed by atoms with Crippen LogP contribution in [0.1, 0.15) is 12.5 Å². The first-order valence-electron chi connectivity index (χ1n) is 6.91. The largest absolute Gasteiger partial charge is 0.492 e. The maximum Gasteiger partial charge on any atom is 0.236 e. The Balaban J connectivity index is 2.43. The average molecular weight is 279 g/mol. The quantitative estimate of drug-likeness (QED) is 0.769. The minimum atomic E-state index is 0.106. The second-order valence-electron chi connectivity index (χ2n) is 4.82. The van der Waals surface area contributed by atoms with Gasteiger partial charge >= 0.3 is 0 Å². The van der Waals surface area contributed by atoms with Gasteiger partial charge < -0.3 is 15.4 Å². The summed E-state index contributed by atoms with van der Waals surface area (Å²) in [5, 5.41) is 0. The Kier molecular flexibility index (Phi) is 7.04. The maximum atomic E-state index is 11.7. The van der Waals surface area contributed by atoms with Crippen molar-refractivity contribution >= 4 is 5.91 Å². The molecule has 1 aromatic carbocycles. The lowest BCUT2D eigenvalue weighted by Gasteiger charge is -2.22. The molecule has 1 aromatic rings. The number of hydrogen-bond donors (Lipinski definition) is 1. The first-order valence-corrected chi connectivity index (χ1v) is 6.91. The van der Waals surface area contributed by atoms with Crippen molar-refractivity contribution in [1.29, 1.82) is 0 Å². The first kappa shape index (κ1) is 16.5. The van der Waals surface area contributed by atoms with Crippen molar-refractivity contribution in [3.05, 3.63) is 29.8 Å². The van der Waals surface area contributed by atoms with Crippen LogP contribution in [0.15, 0.2) is 24.3 Å². The fourth-order valence-electron chi connectivity index (χ4n) is 1.78. The number of benzene rings is 1. The van der Waals surface area contributed by atoms with Crippen molar-refractivity contribution in [2.45, 2.75) is 13.5 Å². The number of carbonyl (C=O) groups is 1. The molecule has 112 valence electrons. The van der Waals surface area contributed by atoms with E-state index in [4.69, 9.17) is 10.5 Å². The predicted molar refractivity (Wildman–Crippen MR) is 80.6 cm³/mol. The van der Waals surface area contributed by atoms with Crippen LogP contribution in [-0.2, 0) is 11.3 Å². The summed E-state index contributed by atoms with van der Waals surface area (Å²) in [6, 6.07) is 7.76. The molecule has 2 N–H and O–H groups in total. The molecule has 0 aromatic heterocycles. The van der Waals surface area contributed by atoms with Crippen LogP contribution >= 0.6 is 0 Å². The monoisotopic (exact) mass is 279 g/mol. The van der Waals surface area contributed by atoms with E-state index in [-0.39, 0.29) is 5.91 Å². The van der Waals surface area contributed by atoms with E-state index in [1.165, 1.54) is 0 Å². The summed E-state index contributed by atoms with van der Waals surface area (Å²) in [6.07, 6.45) is 0. The van der Waals surface area contributed by atoms with Gasteiger partial charge in [0.2, 0.25) is 5.91 Å². The number of para-hydroxylation sites is 1. The van der Waals surface area contributed by atoms with Crippen LogP contribution in [0.5, 0.6) is 5.75 Å². The zero-order valence-electron chi connectivity index (χ0n) is 12.6. The van der Waals surface area contributed by atoms with Crippen LogP contribution in [-0.4, -0.2) is 56.0 Å². The van der Waals surface area contributed by atoms with Crippen molar-refractivity contribution in [1.82, 2.24) is 9.80 Å². The molecule has 5 heteroatoms. The summed E-state index contributed by atoms with van der Waals surface area (Å²) in [5.74, 6) is 0.930. The van der Waals surface area contributed by atoms with Gasteiger partial charge in [0.05, 0.1) is 6.54 Å². The lowest BCUT2D eigenvalue weighted by Crippen LogP contribution is -2.38. The summed E-state index contributed by atoms with van der Waals surface area (Å²) in [6.45, 7) is 5.01. The maximum absolute atomic E-state index is 11.7. The van der Waals surface area contributed by atoms with E-state index in [0.717, 1.165) is 24.4 Å². The summed E-state index contributed by atoms with van der Waals surface area (Å²) in [7, 11) is 3.54. The van der Waals surface area contributed by atoms with E-state index in [1.54, 1.807) is 19.0 Å². The molecule has 0 atom stereocenters. The van der Waals surface area contributed by atoms with Crippen molar-refractivity contribution in [3.63, 3.8) is 0 Å². The zero-order valence-corrected chi connectivity index (χ0v) is 12.6. The second-order valence-corrected chi connectivity index (χ2v) is 4.82. The highest BCUT2D eigenvalue weighted by atomic mass is 16.5. The highest BCUT2D eigenvalue weighted by Crippen LogP contribution is 2.16. The highest BCUT2D eigenvalue weighted by molar-refractivity contribution is 5.77. The van der Waals surface area contributed by atoms with Gasteiger partial charge in [-0.25, -0.2) is 0 Å². The van der Waals surface area contributed by atoms with E-state index in [1.807, 2.05) is 31.2 Å². The van der Waals surface area contributed by atoms with Crippen LogP contribution in [0, 0.1) is 0 Å². The Bertz CT molecular complexity index is 421. The second kappa shape index (κ2) is 8.55. The van der Waals surface area contributed by atoms with Gasteiger partial charge in [0.25, 0.3) is 0 Å². The summed E-state index contributed by atoms with van der Waals surface area (Å²) in [5.41, 5.74) is 6.67. The van der Waals surface area contributed by atoms with E-state index in [0.29, 0.717) is 19.7 Å². The molecule has 0 fully saturated rings. The minimum Gasteiger partial charge on any atom is -0.492 e. The van der Waals surface area contributed by atoms with E-state index >= 15 is 0 Å². The van der Waals surface area contributed by atoms with Gasteiger partial charge in [0.15, 0.2) is 0 Å². The molecule has 0 aliphatic rings. The Morgan fingerprint density at radius 1 is 1.30 bits per heavy atom. The van der Waals surface area contributed by atoms with Gasteiger partial charge in [0, 0.05) is 32.7 Å². The number of amides is 1. The van der Waals surface area contributed by atoms with E-state index in [2.05, 4.69) is 4.90 Å². The molecule has 0 saturated carbocycles. The standard InChI is InChI=1S/C15H25N3O2/c1-4-18(12-15(19)17(2)3)9-10-20-14-8-6-5-7-13(14)11-16/h5-8H,4,9-12,16H2,1-3H3. The van der Waals surface area contributed by atoms with Crippen molar-refractivity contribution in [2.24, 2.45) is 5.73 Å². The molecule has 1 amide bonds. The highest BCUT2D eigenvalue weighted by Gasteiger charge is 2.10. The van der Waals surface area contributed by atoms with Crippen LogP contribution in [0.25, 0.3) is 0 Å². The third kappa shape index (κ3) is 5.19. The predicted octanol–water partition coefficient (Wildman–Crippen LogP) is 0.934. The average Bonchev–Trinajstić information content (AvgIpc) is 2.46. The molecule has 20 heavy (non-hydrogen) atoms. The summed E-state index contributed by atoms with van der Waals surface area (Å²) >= 11 is 0. The zero-order chi connectivity index (χ0) is 15.0. The van der Waals surface area contributed by atoms with Gasteiger partial charge in [-0.1, -0.05) is 25.1 Å². The molecule has 0 bridgehead atoms. The Labute approximate surface area is 121 Å². The van der Waals surface area contributed by atoms with Crippen molar-refractivity contribution < 1.29 is 9.53 Å². The molecule has 0 saturated heterocycles. The fourth-order valence-corrected chi connectivity index (χ4v) is 1.78. The molecule has 0 spiro atoms. The van der Waals surface area contributed by atoms with Gasteiger partial charge in [0.1, 0.15) is 12.4 Å². The third-order valence-electron chi connectivity index (χ3n) is 3.16. The number of carbonyl (C=O) groups excluding carboxylic acids is 1. The number of hydrogen-bond acceptors (Lipinski definition) is 4. The SMILES string of the molecule is CCN(CCOc1ccccc1CN)CC(=O)N(C)C. The van der Waals surface area contributed by atoms with Gasteiger partial charge in [-0.2, -0.15) is 0 Å². The Morgan fingerprint density at radius 3 is 2.60 bits per heavy atom. The molecule has 0 radical (unpaired) electrons. The molecular weight excluding hydrogens is 254 g/mol. The van der Waals surface area contributed by atoms with Gasteiger partial charge in [-0.3, -0.25) is 9.69 Å². The van der Waals surface area contributed by atoms with Gasteiger partial charge in [-0.05, 0) is 12.6 Å². The smallest absolute Gasteiger partial charge is 0.236 e. The molecule has 5 nitrogen and oxygen atoms in total. The fraction of sp³-hybridized carbons (Fsp3) is 0.533. The number of ether oxygens (including phenoxy) is 1. The molecule has 0 heterocycles. The van der Waals surface area contributed by atoms with Crippen LogP contribution < -0.4 is 10.5 Å². The Hall–Kier alpha value is -1.59. The van der Waals surface area contributed by atoms with Crippen LogP contribution in [0.2, 0.25) is 0 Å². The summed E-state index contributed by atoms with van der Waals surface area (Å²) in [4.78, 5) is 15.3. The molecule has 1 rings (SSSR count). The molecule has 0 aliphatic carbocycles. The number of rotatable bonds is 8. The number of nitrogens with zero attached hydrogens (tertiary/aromatic N) is 2. The van der Waals surface area contributed by atoms with E-state index < -0.39 is 0 Å². The van der Waals surface area contributed by atoms with Crippen LogP contribution in [0.3, 0.4) is 0 Å². The lowest BCUT2D eigenvalue weighted by atomic mass is 10.2. The van der Waals surface area contributed by atoms with Crippen LogP contribution in [0.4, 0.5) is 0 Å². The molecule has 0 unspecified atom stereocenters. The normalized spacial score (nSPS) is 10.7. The first-order chi connectivity index (χ1) is 9.58. The van der Waals surface area contributed by atoms with Gasteiger partial charge in [-0.15, -0.1) is 0 Å². The number of nitrogens with two attached hydrogens (primary N) is 1. The summed E-state index contributed by atoms with van der Waals surface area (Å²) < 4.78 is 5.76. The van der Waals surface area contributed by atoms with Crippen molar-refractivity contribution in [2.75, 3.05) is 40.3 Å². The Morgan fingerprint density at radius 2 is 2.00 bits per heavy atom. The van der Waals surface area contributed by atoms with Crippen molar-refractivity contribution in [3.8, 4) is 5.75 Å². The third-order valence-corrected chi connectivity index (χ3v) is 3.16. The lowest BCUT2D eigenvalue weighted by molar-refractivity contribution is -0.129.